The van der Waals surface area contributed by atoms with E-state index in [-0.39, 0.29) is 18.6 Å². The summed E-state index contributed by atoms with van der Waals surface area (Å²) in [6.45, 7) is 3.69. The number of rotatable bonds is 6. The van der Waals surface area contributed by atoms with Gasteiger partial charge in [0, 0.05) is 6.04 Å². The van der Waals surface area contributed by atoms with Crippen molar-refractivity contribution in [1.29, 1.82) is 0 Å². The average molecular weight is 489 g/mol. The topological polar surface area (TPSA) is 86.1 Å². The van der Waals surface area contributed by atoms with Crippen molar-refractivity contribution in [2.75, 3.05) is 6.61 Å². The summed E-state index contributed by atoms with van der Waals surface area (Å²) in [6.07, 6.45) is 4.38. The minimum atomic E-state index is -0.558. The van der Waals surface area contributed by atoms with Crippen LogP contribution in [0.4, 0.5) is 0 Å². The first-order chi connectivity index (χ1) is 17.0. The van der Waals surface area contributed by atoms with Crippen LogP contribution in [0.15, 0.2) is 53.9 Å². The molecule has 1 aliphatic rings. The standard InChI is InChI=1S/C27H28N4O3S/c1-17-9-6-7-12-21(17)28-24(32)16-34-27(33)20-15-22(23-13-8-14-35-23)29-26-25(20)18(2)30-31(26)19-10-4-3-5-11-19/h3-5,8,10-11,13-15,17,21H,6-7,9,12,16H2,1-2H3,(H,28,32)/t17-,21+/m0/s1. The van der Waals surface area contributed by atoms with E-state index in [0.29, 0.717) is 33.9 Å². The zero-order valence-corrected chi connectivity index (χ0v) is 20.7. The number of fused-ring (bicyclic) bond motifs is 1. The number of pyridine rings is 1. The molecule has 2 atom stereocenters. The molecular formula is C27H28N4O3S. The molecule has 7 nitrogen and oxygen atoms in total. The van der Waals surface area contributed by atoms with Gasteiger partial charge in [0.2, 0.25) is 0 Å². The Kier molecular flexibility index (Phi) is 6.63. The van der Waals surface area contributed by atoms with Gasteiger partial charge in [0.05, 0.1) is 32.9 Å². The zero-order chi connectivity index (χ0) is 24.4. The number of esters is 1. The van der Waals surface area contributed by atoms with Crippen molar-refractivity contribution < 1.29 is 14.3 Å². The lowest BCUT2D eigenvalue weighted by atomic mass is 9.86. The Morgan fingerprint density at radius 1 is 1.14 bits per heavy atom. The van der Waals surface area contributed by atoms with E-state index in [2.05, 4.69) is 17.3 Å². The number of carbonyl (C=O) groups is 2. The first-order valence-corrected chi connectivity index (χ1v) is 12.9. The van der Waals surface area contributed by atoms with E-state index in [1.165, 1.54) is 6.42 Å². The van der Waals surface area contributed by atoms with Gasteiger partial charge in [0.15, 0.2) is 12.3 Å². The summed E-state index contributed by atoms with van der Waals surface area (Å²) in [4.78, 5) is 31.6. The van der Waals surface area contributed by atoms with E-state index < -0.39 is 5.97 Å². The molecule has 1 amide bonds. The Morgan fingerprint density at radius 2 is 1.94 bits per heavy atom. The predicted octanol–water partition coefficient (Wildman–Crippen LogP) is 5.31. The summed E-state index contributed by atoms with van der Waals surface area (Å²) in [5, 5.41) is 10.3. The number of amides is 1. The van der Waals surface area contributed by atoms with Gasteiger partial charge in [-0.15, -0.1) is 11.3 Å². The number of hydrogen-bond acceptors (Lipinski definition) is 6. The summed E-state index contributed by atoms with van der Waals surface area (Å²) in [6, 6.07) is 15.5. The van der Waals surface area contributed by atoms with Crippen LogP contribution in [0.5, 0.6) is 0 Å². The third kappa shape index (κ3) is 4.84. The van der Waals surface area contributed by atoms with Gasteiger partial charge < -0.3 is 10.1 Å². The molecule has 1 aliphatic carbocycles. The maximum absolute atomic E-state index is 13.3. The predicted molar refractivity (Wildman–Crippen MR) is 137 cm³/mol. The highest BCUT2D eigenvalue weighted by atomic mass is 32.1. The summed E-state index contributed by atoms with van der Waals surface area (Å²) in [5.41, 5.74) is 3.12. The summed E-state index contributed by atoms with van der Waals surface area (Å²) < 4.78 is 7.25. The van der Waals surface area contributed by atoms with E-state index in [9.17, 15) is 9.59 Å². The molecule has 180 valence electrons. The molecule has 0 radical (unpaired) electrons. The molecule has 1 aromatic carbocycles. The van der Waals surface area contributed by atoms with Gasteiger partial charge in [-0.1, -0.05) is 44.0 Å². The van der Waals surface area contributed by atoms with Gasteiger partial charge in [0.25, 0.3) is 5.91 Å². The second-order valence-corrected chi connectivity index (χ2v) is 10.0. The molecule has 0 bridgehead atoms. The number of nitrogens with one attached hydrogen (secondary N) is 1. The highest BCUT2D eigenvalue weighted by Crippen LogP contribution is 2.31. The molecule has 3 heterocycles. The number of ether oxygens (including phenoxy) is 1. The van der Waals surface area contributed by atoms with Crippen molar-refractivity contribution in [3.05, 3.63) is 65.2 Å². The molecule has 3 aromatic heterocycles. The van der Waals surface area contributed by atoms with Crippen LogP contribution >= 0.6 is 11.3 Å². The Hall–Kier alpha value is -3.52. The smallest absolute Gasteiger partial charge is 0.339 e. The molecule has 1 fully saturated rings. The van der Waals surface area contributed by atoms with Crippen LogP contribution in [0.1, 0.15) is 48.7 Å². The van der Waals surface area contributed by atoms with Crippen molar-refractivity contribution in [2.45, 2.75) is 45.6 Å². The lowest BCUT2D eigenvalue weighted by molar-refractivity contribution is -0.125. The lowest BCUT2D eigenvalue weighted by Crippen LogP contribution is -2.42. The van der Waals surface area contributed by atoms with Crippen LogP contribution in [0.25, 0.3) is 27.3 Å². The van der Waals surface area contributed by atoms with Crippen LogP contribution in [0.3, 0.4) is 0 Å². The fourth-order valence-electron chi connectivity index (χ4n) is 4.74. The lowest BCUT2D eigenvalue weighted by Gasteiger charge is -2.29. The molecule has 8 heteroatoms. The maximum atomic E-state index is 13.3. The largest absolute Gasteiger partial charge is 0.452 e. The van der Waals surface area contributed by atoms with Crippen LogP contribution in [-0.2, 0) is 9.53 Å². The SMILES string of the molecule is Cc1nn(-c2ccccc2)c2nc(-c3cccs3)cc(C(=O)OCC(=O)N[C@@H]3CCCC[C@@H]3C)c12. The highest BCUT2D eigenvalue weighted by Gasteiger charge is 2.25. The Balaban J connectivity index is 1.46. The molecule has 0 aliphatic heterocycles. The fourth-order valence-corrected chi connectivity index (χ4v) is 5.42. The van der Waals surface area contributed by atoms with Crippen molar-refractivity contribution >= 4 is 34.2 Å². The van der Waals surface area contributed by atoms with E-state index in [1.54, 1.807) is 22.1 Å². The van der Waals surface area contributed by atoms with Crippen molar-refractivity contribution in [1.82, 2.24) is 20.1 Å². The van der Waals surface area contributed by atoms with Crippen LogP contribution in [-0.4, -0.2) is 39.3 Å². The number of aryl methyl sites for hydroxylation is 1. The van der Waals surface area contributed by atoms with Gasteiger partial charge in [-0.25, -0.2) is 14.5 Å². The van der Waals surface area contributed by atoms with Gasteiger partial charge in [-0.2, -0.15) is 5.10 Å². The number of hydrogen-bond donors (Lipinski definition) is 1. The monoisotopic (exact) mass is 488 g/mol. The summed E-state index contributed by atoms with van der Waals surface area (Å²) in [7, 11) is 0. The number of carbonyl (C=O) groups excluding carboxylic acids is 2. The van der Waals surface area contributed by atoms with Crippen molar-refractivity contribution in [3.8, 4) is 16.3 Å². The number of thiophene rings is 1. The number of benzene rings is 1. The fraction of sp³-hybridized carbons (Fsp3) is 0.333. The summed E-state index contributed by atoms with van der Waals surface area (Å²) in [5.74, 6) is -0.390. The molecule has 0 unspecified atom stereocenters. The minimum Gasteiger partial charge on any atom is -0.452 e. The molecule has 1 N–H and O–H groups in total. The maximum Gasteiger partial charge on any atom is 0.339 e. The minimum absolute atomic E-state index is 0.138. The van der Waals surface area contributed by atoms with Crippen LogP contribution in [0.2, 0.25) is 0 Å². The van der Waals surface area contributed by atoms with Gasteiger partial charge in [-0.05, 0) is 55.3 Å². The molecule has 4 aromatic rings. The quantitative estimate of drug-likeness (QED) is 0.372. The van der Waals surface area contributed by atoms with E-state index in [0.717, 1.165) is 29.8 Å². The highest BCUT2D eigenvalue weighted by molar-refractivity contribution is 7.13. The zero-order valence-electron chi connectivity index (χ0n) is 19.9. The summed E-state index contributed by atoms with van der Waals surface area (Å²) >= 11 is 1.54. The van der Waals surface area contributed by atoms with Gasteiger partial charge in [0.1, 0.15) is 0 Å². The first-order valence-electron chi connectivity index (χ1n) is 12.0. The van der Waals surface area contributed by atoms with Crippen LogP contribution in [0, 0.1) is 12.8 Å². The molecule has 5 rings (SSSR count). The normalized spacial score (nSPS) is 17.9. The van der Waals surface area contributed by atoms with E-state index >= 15 is 0 Å². The van der Waals surface area contributed by atoms with Gasteiger partial charge >= 0.3 is 5.97 Å². The molecule has 1 saturated carbocycles. The third-order valence-electron chi connectivity index (χ3n) is 6.60. The number of aromatic nitrogens is 3. The Morgan fingerprint density at radius 3 is 2.69 bits per heavy atom. The van der Waals surface area contributed by atoms with Crippen molar-refractivity contribution in [3.63, 3.8) is 0 Å². The Bertz CT molecular complexity index is 1350. The Labute approximate surface area is 208 Å². The third-order valence-corrected chi connectivity index (χ3v) is 7.49. The van der Waals surface area contributed by atoms with E-state index in [1.807, 2.05) is 54.8 Å². The molecular weight excluding hydrogens is 460 g/mol. The number of para-hydroxylation sites is 1. The second-order valence-electron chi connectivity index (χ2n) is 9.08. The number of nitrogens with zero attached hydrogens (tertiary/aromatic N) is 3. The molecule has 35 heavy (non-hydrogen) atoms. The first kappa shape index (κ1) is 23.2. The van der Waals surface area contributed by atoms with Crippen LogP contribution < -0.4 is 5.32 Å². The molecule has 0 saturated heterocycles. The average Bonchev–Trinajstić information content (AvgIpc) is 3.53. The van der Waals surface area contributed by atoms with Crippen molar-refractivity contribution in [2.24, 2.45) is 5.92 Å². The second kappa shape index (κ2) is 10.00. The van der Waals surface area contributed by atoms with E-state index in [4.69, 9.17) is 9.72 Å². The molecule has 0 spiro atoms. The van der Waals surface area contributed by atoms with Gasteiger partial charge in [-0.3, -0.25) is 4.79 Å².